The number of carbonyl (C=O) groups excluding carboxylic acids is 2. The number of rotatable bonds is 8. The first kappa shape index (κ1) is 29.6. The van der Waals surface area contributed by atoms with E-state index in [1.165, 1.54) is 0 Å². The van der Waals surface area contributed by atoms with Gasteiger partial charge < -0.3 is 15.3 Å². The first-order valence-corrected chi connectivity index (χ1v) is 16.4. The van der Waals surface area contributed by atoms with E-state index in [1.54, 1.807) is 43.0 Å². The average Bonchev–Trinajstić information content (AvgIpc) is 3.35. The Bertz CT molecular complexity index is 1580. The molecule has 1 saturated carbocycles. The third-order valence-electron chi connectivity index (χ3n) is 8.03. The number of thiazole rings is 1. The van der Waals surface area contributed by atoms with Gasteiger partial charge in [-0.15, -0.1) is 11.3 Å². The predicted octanol–water partition coefficient (Wildman–Crippen LogP) is 4.56. The number of aliphatic hydroxyl groups is 1. The molecule has 0 atom stereocenters. The predicted molar refractivity (Wildman–Crippen MR) is 161 cm³/mol. The van der Waals surface area contributed by atoms with Crippen molar-refractivity contribution in [3.63, 3.8) is 0 Å². The number of fused-ring (bicyclic) bond motifs is 1. The average molecular weight is 599 g/mol. The summed E-state index contributed by atoms with van der Waals surface area (Å²) in [6.45, 7) is 8.52. The molecule has 0 unspecified atom stereocenters. The maximum absolute atomic E-state index is 13.8. The Kier molecular flexibility index (Phi) is 8.01. The second-order valence-electron chi connectivity index (χ2n) is 12.3. The molecule has 1 aliphatic carbocycles. The van der Waals surface area contributed by atoms with Crippen LogP contribution in [-0.4, -0.2) is 66.0 Å². The molecule has 1 aromatic heterocycles. The van der Waals surface area contributed by atoms with E-state index in [-0.39, 0.29) is 28.0 Å². The number of sulfonamides is 1. The van der Waals surface area contributed by atoms with E-state index >= 15 is 0 Å². The summed E-state index contributed by atoms with van der Waals surface area (Å²) in [7, 11) is -3.81. The maximum atomic E-state index is 13.8. The van der Waals surface area contributed by atoms with Gasteiger partial charge in [-0.25, -0.2) is 18.1 Å². The third-order valence-corrected chi connectivity index (χ3v) is 10.8. The highest BCUT2D eigenvalue weighted by molar-refractivity contribution is 7.89. The lowest BCUT2D eigenvalue weighted by Gasteiger charge is -2.38. The van der Waals surface area contributed by atoms with Crippen LogP contribution in [0.2, 0.25) is 0 Å². The summed E-state index contributed by atoms with van der Waals surface area (Å²) in [4.78, 5) is 33.9. The molecule has 5 rings (SSSR count). The number of aromatic nitrogens is 1. The number of hydrogen-bond acceptors (Lipinski definition) is 7. The Morgan fingerprint density at radius 1 is 1.12 bits per heavy atom. The zero-order valence-electron chi connectivity index (χ0n) is 24.0. The van der Waals surface area contributed by atoms with Crippen LogP contribution in [0.1, 0.15) is 80.1 Å². The summed E-state index contributed by atoms with van der Waals surface area (Å²) < 4.78 is 29.9. The molecule has 3 N–H and O–H groups in total. The van der Waals surface area contributed by atoms with Crippen LogP contribution in [-0.2, 0) is 10.0 Å². The molecule has 2 aliphatic rings. The number of carbonyl (C=O) groups is 2. The number of nitrogens with one attached hydrogen (secondary N) is 2. The summed E-state index contributed by atoms with van der Waals surface area (Å²) in [5.41, 5.74) is -0.741. The van der Waals surface area contributed by atoms with Crippen molar-refractivity contribution in [1.82, 2.24) is 19.9 Å². The van der Waals surface area contributed by atoms with Crippen molar-refractivity contribution in [2.45, 2.75) is 75.8 Å². The lowest BCUT2D eigenvalue weighted by atomic mass is 9.80. The number of nitrogens with zero attached hydrogens (tertiary/aromatic N) is 2. The molecular weight excluding hydrogens is 560 g/mol. The molecule has 2 heterocycles. The van der Waals surface area contributed by atoms with Gasteiger partial charge in [-0.05, 0) is 70.2 Å². The summed E-state index contributed by atoms with van der Waals surface area (Å²) in [6.07, 6.45) is 4.37. The van der Waals surface area contributed by atoms with Gasteiger partial charge in [-0.3, -0.25) is 9.59 Å². The van der Waals surface area contributed by atoms with Crippen molar-refractivity contribution in [3.8, 4) is 10.4 Å². The van der Waals surface area contributed by atoms with Crippen molar-refractivity contribution < 1.29 is 23.1 Å². The zero-order valence-corrected chi connectivity index (χ0v) is 25.6. The number of amides is 2. The number of piperidine rings is 1. The molecule has 220 valence electrons. The second-order valence-corrected chi connectivity index (χ2v) is 15.0. The highest BCUT2D eigenvalue weighted by atomic mass is 32.2. The largest absolute Gasteiger partial charge is 0.389 e. The normalized spacial score (nSPS) is 17.8. The first-order chi connectivity index (χ1) is 19.3. The molecule has 1 aliphatic heterocycles. The summed E-state index contributed by atoms with van der Waals surface area (Å²) >= 11 is 1.10. The molecule has 0 radical (unpaired) electrons. The van der Waals surface area contributed by atoms with Crippen molar-refractivity contribution in [2.24, 2.45) is 5.92 Å². The van der Waals surface area contributed by atoms with Crippen LogP contribution >= 0.6 is 11.3 Å². The Morgan fingerprint density at radius 3 is 2.39 bits per heavy atom. The third kappa shape index (κ3) is 6.33. The quantitative estimate of drug-likeness (QED) is 0.349. The monoisotopic (exact) mass is 598 g/mol. The fourth-order valence-electron chi connectivity index (χ4n) is 5.37. The van der Waals surface area contributed by atoms with Crippen LogP contribution < -0.4 is 10.0 Å². The lowest BCUT2D eigenvalue weighted by molar-refractivity contribution is 0.0685. The Morgan fingerprint density at radius 2 is 1.78 bits per heavy atom. The van der Waals surface area contributed by atoms with Crippen LogP contribution in [0.25, 0.3) is 21.2 Å². The van der Waals surface area contributed by atoms with E-state index in [9.17, 15) is 23.1 Å². The van der Waals surface area contributed by atoms with Crippen LogP contribution in [0, 0.1) is 5.92 Å². The molecule has 0 bridgehead atoms. The van der Waals surface area contributed by atoms with E-state index < -0.39 is 27.1 Å². The SMILES string of the molecule is CC1CCN(C(=O)c2nc(C(=O)NCC(C)(C)O)sc2-c2ccc(S(=O)(=O)NC3(C)CCC3)c3ccccc23)CC1. The zero-order chi connectivity index (χ0) is 29.6. The number of benzene rings is 2. The first-order valence-electron chi connectivity index (χ1n) is 14.1. The van der Waals surface area contributed by atoms with E-state index in [2.05, 4.69) is 21.9 Å². The van der Waals surface area contributed by atoms with Crippen molar-refractivity contribution in [1.29, 1.82) is 0 Å². The van der Waals surface area contributed by atoms with E-state index in [0.717, 1.165) is 43.4 Å². The van der Waals surface area contributed by atoms with Crippen molar-refractivity contribution >= 4 is 43.9 Å². The van der Waals surface area contributed by atoms with E-state index in [0.29, 0.717) is 40.2 Å². The number of hydrogen-bond donors (Lipinski definition) is 3. The fourth-order valence-corrected chi connectivity index (χ4v) is 8.06. The molecule has 0 spiro atoms. The molecule has 2 aromatic carbocycles. The highest BCUT2D eigenvalue weighted by Gasteiger charge is 2.37. The molecule has 9 nitrogen and oxygen atoms in total. The maximum Gasteiger partial charge on any atom is 0.280 e. The van der Waals surface area contributed by atoms with E-state index in [1.807, 2.05) is 19.1 Å². The van der Waals surface area contributed by atoms with Gasteiger partial charge in [0, 0.05) is 36.1 Å². The van der Waals surface area contributed by atoms with Gasteiger partial charge in [-0.2, -0.15) is 0 Å². The molecule has 41 heavy (non-hydrogen) atoms. The summed E-state index contributed by atoms with van der Waals surface area (Å²) in [5, 5.41) is 14.1. The lowest BCUT2D eigenvalue weighted by Crippen LogP contribution is -2.50. The smallest absolute Gasteiger partial charge is 0.280 e. The minimum Gasteiger partial charge on any atom is -0.389 e. The van der Waals surface area contributed by atoms with Crippen molar-refractivity contribution in [3.05, 3.63) is 47.1 Å². The minimum atomic E-state index is -3.81. The topological polar surface area (TPSA) is 129 Å². The highest BCUT2D eigenvalue weighted by Crippen LogP contribution is 2.40. The second kappa shape index (κ2) is 11.1. The van der Waals surface area contributed by atoms with E-state index in [4.69, 9.17) is 0 Å². The minimum absolute atomic E-state index is 0.0233. The molecule has 2 fully saturated rings. The molecule has 11 heteroatoms. The number of likely N-dealkylation sites (tertiary alicyclic amines) is 1. The Hall–Kier alpha value is -2.86. The Labute approximate surface area is 245 Å². The molecule has 2 amide bonds. The van der Waals surface area contributed by atoms with Crippen LogP contribution in [0.5, 0.6) is 0 Å². The van der Waals surface area contributed by atoms with Crippen LogP contribution in [0.4, 0.5) is 0 Å². The van der Waals surface area contributed by atoms with Gasteiger partial charge in [-0.1, -0.05) is 37.3 Å². The van der Waals surface area contributed by atoms with Crippen LogP contribution in [0.15, 0.2) is 41.3 Å². The standard InChI is InChI=1S/C30H38N4O5S2/c1-19-12-16-34(17-13-19)28(36)24-25(40-27(32-24)26(35)31-18-29(2,3)37)22-10-11-23(21-9-6-5-8-20(21)22)41(38,39)33-30(4)14-7-15-30/h5-6,8-11,19,33,37H,7,12-18H2,1-4H3,(H,31,35). The summed E-state index contributed by atoms with van der Waals surface area (Å²) in [5.74, 6) is -0.192. The van der Waals surface area contributed by atoms with Gasteiger partial charge in [0.25, 0.3) is 11.8 Å². The Balaban J connectivity index is 1.59. The van der Waals surface area contributed by atoms with Gasteiger partial charge >= 0.3 is 0 Å². The summed E-state index contributed by atoms with van der Waals surface area (Å²) in [6, 6.07) is 10.5. The van der Waals surface area contributed by atoms with Gasteiger partial charge in [0.15, 0.2) is 5.01 Å². The molecular formula is C30H38N4O5S2. The van der Waals surface area contributed by atoms with Gasteiger partial charge in [0.2, 0.25) is 10.0 Å². The van der Waals surface area contributed by atoms with Crippen molar-refractivity contribution in [2.75, 3.05) is 19.6 Å². The molecule has 1 saturated heterocycles. The van der Waals surface area contributed by atoms with Gasteiger partial charge in [0.1, 0.15) is 5.69 Å². The fraction of sp³-hybridized carbons (Fsp3) is 0.500. The van der Waals surface area contributed by atoms with Crippen LogP contribution in [0.3, 0.4) is 0 Å². The molecule has 3 aromatic rings. The van der Waals surface area contributed by atoms with Gasteiger partial charge in [0.05, 0.1) is 15.4 Å².